The van der Waals surface area contributed by atoms with Crippen molar-refractivity contribution in [2.24, 2.45) is 0 Å². The lowest BCUT2D eigenvalue weighted by atomic mass is 10.1. The molecule has 7 nitrogen and oxygen atoms in total. The van der Waals surface area contributed by atoms with Crippen LogP contribution in [0.25, 0.3) is 11.3 Å². The first-order valence-corrected chi connectivity index (χ1v) is 10.2. The minimum absolute atomic E-state index is 0.0312. The first-order chi connectivity index (χ1) is 16.5. The number of rotatable bonds is 4. The maximum absolute atomic E-state index is 12.6. The second-order valence-corrected chi connectivity index (χ2v) is 7.19. The van der Waals surface area contributed by atoms with Crippen LogP contribution in [0, 0.1) is 11.8 Å². The van der Waals surface area contributed by atoms with Crippen molar-refractivity contribution in [1.82, 2.24) is 9.97 Å². The number of aromatic hydroxyl groups is 1. The molecule has 0 radical (unpaired) electrons. The molecular formula is C27H19N3O4. The van der Waals surface area contributed by atoms with Crippen molar-refractivity contribution in [3.05, 3.63) is 107 Å². The van der Waals surface area contributed by atoms with Crippen LogP contribution in [0.2, 0.25) is 0 Å². The maximum atomic E-state index is 12.6. The number of methoxy groups -OCH3 is 1. The van der Waals surface area contributed by atoms with Gasteiger partial charge < -0.3 is 15.2 Å². The zero-order chi connectivity index (χ0) is 23.9. The number of hydrogen-bond donors (Lipinski definition) is 2. The van der Waals surface area contributed by atoms with Gasteiger partial charge in [0.2, 0.25) is 0 Å². The number of amides is 1. The molecule has 2 heterocycles. The van der Waals surface area contributed by atoms with Gasteiger partial charge in [0, 0.05) is 34.6 Å². The Kier molecular flexibility index (Phi) is 6.61. The van der Waals surface area contributed by atoms with Gasteiger partial charge in [0.25, 0.3) is 5.91 Å². The van der Waals surface area contributed by atoms with Gasteiger partial charge in [-0.3, -0.25) is 9.78 Å². The number of hydrogen-bond acceptors (Lipinski definition) is 6. The van der Waals surface area contributed by atoms with Gasteiger partial charge in [0.05, 0.1) is 18.4 Å². The number of ether oxygens (including phenoxy) is 1. The van der Waals surface area contributed by atoms with Crippen molar-refractivity contribution in [1.29, 1.82) is 0 Å². The van der Waals surface area contributed by atoms with Crippen molar-refractivity contribution in [3.8, 4) is 28.8 Å². The third kappa shape index (κ3) is 5.44. The largest absolute Gasteiger partial charge is 0.508 e. The van der Waals surface area contributed by atoms with E-state index >= 15 is 0 Å². The van der Waals surface area contributed by atoms with E-state index in [1.54, 1.807) is 30.6 Å². The lowest BCUT2D eigenvalue weighted by molar-refractivity contribution is 0.0600. The number of esters is 1. The zero-order valence-corrected chi connectivity index (χ0v) is 18.1. The maximum Gasteiger partial charge on any atom is 0.338 e. The highest BCUT2D eigenvalue weighted by atomic mass is 16.5. The molecule has 0 spiro atoms. The molecule has 166 valence electrons. The molecule has 0 unspecified atom stereocenters. The summed E-state index contributed by atoms with van der Waals surface area (Å²) in [4.78, 5) is 33.3. The summed E-state index contributed by atoms with van der Waals surface area (Å²) in [6.45, 7) is 0. The fourth-order valence-electron chi connectivity index (χ4n) is 3.12. The Morgan fingerprint density at radius 2 is 1.71 bits per heavy atom. The first kappa shape index (κ1) is 22.2. The summed E-state index contributed by atoms with van der Waals surface area (Å²) in [7, 11) is 1.28. The highest BCUT2D eigenvalue weighted by Crippen LogP contribution is 2.23. The second kappa shape index (κ2) is 10.1. The standard InChI is InChI=1S/C27H19N3O4/c1-34-27(33)22-15-24(29-25(16-22)30-26(32)21-5-2-6-23(31)14-21)20-11-9-18(10-12-20)7-8-19-4-3-13-28-17-19/h2-6,9-17,31H,1H3,(H,29,30,32). The lowest BCUT2D eigenvalue weighted by Gasteiger charge is -2.10. The van der Waals surface area contributed by atoms with E-state index in [1.165, 1.54) is 25.3 Å². The van der Waals surface area contributed by atoms with Gasteiger partial charge in [0.1, 0.15) is 11.6 Å². The molecule has 0 aliphatic heterocycles. The van der Waals surface area contributed by atoms with Crippen LogP contribution in [0.15, 0.2) is 85.2 Å². The molecule has 0 aliphatic rings. The Hall–Kier alpha value is -4.96. The zero-order valence-electron chi connectivity index (χ0n) is 18.1. The average molecular weight is 449 g/mol. The fourth-order valence-corrected chi connectivity index (χ4v) is 3.12. The van der Waals surface area contributed by atoms with Gasteiger partial charge in [-0.1, -0.05) is 30.0 Å². The summed E-state index contributed by atoms with van der Waals surface area (Å²) in [6, 6.07) is 20.0. The number of aromatic nitrogens is 2. The van der Waals surface area contributed by atoms with Gasteiger partial charge in [-0.15, -0.1) is 0 Å². The summed E-state index contributed by atoms with van der Waals surface area (Å²) in [5.41, 5.74) is 3.30. The molecule has 0 saturated heterocycles. The number of nitrogens with zero attached hydrogens (tertiary/aromatic N) is 2. The molecule has 2 N–H and O–H groups in total. The number of phenolic OH excluding ortho intramolecular Hbond substituents is 1. The smallest absolute Gasteiger partial charge is 0.338 e. The molecule has 0 atom stereocenters. The van der Waals surface area contributed by atoms with Gasteiger partial charge in [-0.05, 0) is 54.6 Å². The average Bonchev–Trinajstić information content (AvgIpc) is 2.87. The van der Waals surface area contributed by atoms with Gasteiger partial charge in [0.15, 0.2) is 0 Å². The number of phenols is 1. The topological polar surface area (TPSA) is 101 Å². The summed E-state index contributed by atoms with van der Waals surface area (Å²) in [6.07, 6.45) is 3.38. The lowest BCUT2D eigenvalue weighted by Crippen LogP contribution is -2.14. The highest BCUT2D eigenvalue weighted by Gasteiger charge is 2.14. The van der Waals surface area contributed by atoms with Crippen molar-refractivity contribution in [3.63, 3.8) is 0 Å². The van der Waals surface area contributed by atoms with Crippen molar-refractivity contribution in [2.45, 2.75) is 0 Å². The Balaban J connectivity index is 1.62. The van der Waals surface area contributed by atoms with Gasteiger partial charge >= 0.3 is 5.97 Å². The summed E-state index contributed by atoms with van der Waals surface area (Å²) < 4.78 is 4.84. The molecule has 4 rings (SSSR count). The van der Waals surface area contributed by atoms with E-state index in [-0.39, 0.29) is 22.7 Å². The predicted molar refractivity (Wildman–Crippen MR) is 127 cm³/mol. The quantitative estimate of drug-likeness (QED) is 0.356. The van der Waals surface area contributed by atoms with Crippen molar-refractivity contribution in [2.75, 3.05) is 12.4 Å². The van der Waals surface area contributed by atoms with Crippen LogP contribution in [-0.4, -0.2) is 34.1 Å². The van der Waals surface area contributed by atoms with Crippen LogP contribution in [0.4, 0.5) is 5.82 Å². The van der Waals surface area contributed by atoms with Crippen LogP contribution in [-0.2, 0) is 4.74 Å². The summed E-state index contributed by atoms with van der Waals surface area (Å²) in [5, 5.41) is 12.3. The number of carbonyl (C=O) groups excluding carboxylic acids is 2. The van der Waals surface area contributed by atoms with Crippen LogP contribution in [0.5, 0.6) is 5.75 Å². The van der Waals surface area contributed by atoms with E-state index in [1.807, 2.05) is 36.4 Å². The molecule has 2 aromatic heterocycles. The van der Waals surface area contributed by atoms with Crippen LogP contribution >= 0.6 is 0 Å². The third-order valence-electron chi connectivity index (χ3n) is 4.79. The second-order valence-electron chi connectivity index (χ2n) is 7.19. The van der Waals surface area contributed by atoms with E-state index in [0.717, 1.165) is 16.7 Å². The molecule has 7 heteroatoms. The van der Waals surface area contributed by atoms with E-state index in [0.29, 0.717) is 5.69 Å². The normalized spacial score (nSPS) is 10.0. The molecule has 4 aromatic rings. The molecule has 0 aliphatic carbocycles. The van der Waals surface area contributed by atoms with E-state index < -0.39 is 11.9 Å². The molecule has 34 heavy (non-hydrogen) atoms. The summed E-state index contributed by atoms with van der Waals surface area (Å²) in [5.74, 6) is 5.23. The SMILES string of the molecule is COC(=O)c1cc(NC(=O)c2cccc(O)c2)nc(-c2ccc(C#Cc3cccnc3)cc2)c1. The van der Waals surface area contributed by atoms with Crippen LogP contribution in [0.1, 0.15) is 31.8 Å². The Morgan fingerprint density at radius 3 is 2.41 bits per heavy atom. The van der Waals surface area contributed by atoms with E-state index in [9.17, 15) is 14.7 Å². The predicted octanol–water partition coefficient (Wildman–Crippen LogP) is 4.29. The van der Waals surface area contributed by atoms with Crippen molar-refractivity contribution >= 4 is 17.7 Å². The van der Waals surface area contributed by atoms with Crippen LogP contribution < -0.4 is 5.32 Å². The number of pyridine rings is 2. The minimum atomic E-state index is -0.560. The molecule has 1 amide bonds. The molecule has 0 fully saturated rings. The molecular weight excluding hydrogens is 430 g/mol. The third-order valence-corrected chi connectivity index (χ3v) is 4.79. The minimum Gasteiger partial charge on any atom is -0.508 e. The Labute approximate surface area is 196 Å². The fraction of sp³-hybridized carbons (Fsp3) is 0.0370. The van der Waals surface area contributed by atoms with E-state index in [4.69, 9.17) is 4.74 Å². The highest BCUT2D eigenvalue weighted by molar-refractivity contribution is 6.04. The van der Waals surface area contributed by atoms with Crippen LogP contribution in [0.3, 0.4) is 0 Å². The molecule has 0 saturated carbocycles. The van der Waals surface area contributed by atoms with E-state index in [2.05, 4.69) is 27.1 Å². The van der Waals surface area contributed by atoms with Gasteiger partial charge in [-0.2, -0.15) is 0 Å². The summed E-state index contributed by atoms with van der Waals surface area (Å²) >= 11 is 0. The number of carbonyl (C=O) groups is 2. The first-order valence-electron chi connectivity index (χ1n) is 10.2. The Bertz CT molecular complexity index is 1410. The molecule has 2 aromatic carbocycles. The molecule has 0 bridgehead atoms. The van der Waals surface area contributed by atoms with Crippen molar-refractivity contribution < 1.29 is 19.4 Å². The monoisotopic (exact) mass is 449 g/mol. The number of anilines is 1. The Morgan fingerprint density at radius 1 is 0.912 bits per heavy atom. The number of benzene rings is 2. The van der Waals surface area contributed by atoms with Gasteiger partial charge in [-0.25, -0.2) is 9.78 Å². The number of nitrogens with one attached hydrogen (secondary N) is 1.